The van der Waals surface area contributed by atoms with Crippen molar-refractivity contribution < 1.29 is 13.5 Å². The van der Waals surface area contributed by atoms with E-state index in [-0.39, 0.29) is 41.1 Å². The second-order valence-corrected chi connectivity index (χ2v) is 4.54. The quantitative estimate of drug-likeness (QED) is 0.348. The number of halogens is 4. The molecule has 1 fully saturated rings. The van der Waals surface area contributed by atoms with E-state index in [9.17, 15) is 8.78 Å². The van der Waals surface area contributed by atoms with Crippen LogP contribution in [0.15, 0.2) is 17.1 Å². The molecule has 0 radical (unpaired) electrons. The van der Waals surface area contributed by atoms with Crippen molar-refractivity contribution in [2.75, 3.05) is 26.3 Å². The van der Waals surface area contributed by atoms with Gasteiger partial charge in [0.25, 0.3) is 0 Å². The van der Waals surface area contributed by atoms with E-state index in [2.05, 4.69) is 4.99 Å². The van der Waals surface area contributed by atoms with Gasteiger partial charge >= 0.3 is 0 Å². The summed E-state index contributed by atoms with van der Waals surface area (Å²) in [6.45, 7) is 2.43. The van der Waals surface area contributed by atoms with Gasteiger partial charge in [-0.15, -0.1) is 24.0 Å². The number of morpholine rings is 1. The number of hydrogen-bond acceptors (Lipinski definition) is 2. The average molecular weight is 418 g/mol. The number of guanidine groups is 1. The maximum absolute atomic E-state index is 13.5. The number of benzene rings is 1. The van der Waals surface area contributed by atoms with Crippen LogP contribution in [0.4, 0.5) is 8.78 Å². The largest absolute Gasteiger partial charge is 0.378 e. The molecule has 0 unspecified atom stereocenters. The molecule has 112 valence electrons. The molecule has 0 aliphatic carbocycles. The summed E-state index contributed by atoms with van der Waals surface area (Å²) in [7, 11) is 0. The van der Waals surface area contributed by atoms with Gasteiger partial charge in [0.05, 0.1) is 24.8 Å². The van der Waals surface area contributed by atoms with Crippen molar-refractivity contribution >= 4 is 41.5 Å². The van der Waals surface area contributed by atoms with Crippen molar-refractivity contribution in [3.8, 4) is 0 Å². The summed E-state index contributed by atoms with van der Waals surface area (Å²) in [4.78, 5) is 5.91. The Balaban J connectivity index is 0.00000200. The molecule has 2 rings (SSSR count). The third-order valence-corrected chi connectivity index (χ3v) is 3.13. The Hall–Kier alpha value is -0.670. The zero-order valence-electron chi connectivity index (χ0n) is 10.6. The standard InChI is InChI=1S/C12H14ClF2N3O.HI/c13-9-6-10(14)8(5-11(9)15)7-17-12(16)18-1-3-19-4-2-18;/h5-6H,1-4,7H2,(H2,16,17);1H. The first-order chi connectivity index (χ1) is 9.08. The second kappa shape index (κ2) is 7.94. The lowest BCUT2D eigenvalue weighted by molar-refractivity contribution is 0.0674. The fraction of sp³-hybridized carbons (Fsp3) is 0.417. The van der Waals surface area contributed by atoms with Gasteiger partial charge < -0.3 is 15.4 Å². The molecule has 0 spiro atoms. The Morgan fingerprint density at radius 1 is 1.30 bits per heavy atom. The summed E-state index contributed by atoms with van der Waals surface area (Å²) >= 11 is 5.47. The Morgan fingerprint density at radius 3 is 2.60 bits per heavy atom. The van der Waals surface area contributed by atoms with E-state index >= 15 is 0 Å². The highest BCUT2D eigenvalue weighted by molar-refractivity contribution is 14.0. The van der Waals surface area contributed by atoms with E-state index in [1.54, 1.807) is 0 Å². The van der Waals surface area contributed by atoms with E-state index in [1.165, 1.54) is 0 Å². The summed E-state index contributed by atoms with van der Waals surface area (Å²) in [6.07, 6.45) is 0. The Morgan fingerprint density at radius 2 is 1.95 bits per heavy atom. The van der Waals surface area contributed by atoms with Crippen LogP contribution in [-0.2, 0) is 11.3 Å². The molecule has 20 heavy (non-hydrogen) atoms. The van der Waals surface area contributed by atoms with Crippen LogP contribution in [0.25, 0.3) is 0 Å². The van der Waals surface area contributed by atoms with Crippen LogP contribution >= 0.6 is 35.6 Å². The van der Waals surface area contributed by atoms with Crippen molar-refractivity contribution in [2.45, 2.75) is 6.54 Å². The molecule has 1 aromatic carbocycles. The molecular formula is C12H15ClF2IN3O. The number of aliphatic imine (C=N–C) groups is 1. The molecule has 1 aliphatic rings. The van der Waals surface area contributed by atoms with Gasteiger partial charge in [-0.05, 0) is 12.1 Å². The highest BCUT2D eigenvalue weighted by Crippen LogP contribution is 2.19. The molecule has 0 amide bonds. The van der Waals surface area contributed by atoms with Crippen LogP contribution in [0.1, 0.15) is 5.56 Å². The SMILES string of the molecule is I.NC(=NCc1cc(F)c(Cl)cc1F)N1CCOCC1. The Labute approximate surface area is 138 Å². The molecule has 1 aromatic rings. The summed E-state index contributed by atoms with van der Waals surface area (Å²) in [6, 6.07) is 1.97. The molecular weight excluding hydrogens is 403 g/mol. The molecule has 1 heterocycles. The van der Waals surface area contributed by atoms with Crippen LogP contribution in [0.5, 0.6) is 0 Å². The number of hydrogen-bond donors (Lipinski definition) is 1. The lowest BCUT2D eigenvalue weighted by Gasteiger charge is -2.27. The van der Waals surface area contributed by atoms with Gasteiger partial charge in [0.2, 0.25) is 0 Å². The first kappa shape index (κ1) is 17.4. The topological polar surface area (TPSA) is 50.8 Å². The number of rotatable bonds is 2. The van der Waals surface area contributed by atoms with E-state index in [0.717, 1.165) is 12.1 Å². The zero-order chi connectivity index (χ0) is 13.8. The molecule has 0 atom stereocenters. The zero-order valence-corrected chi connectivity index (χ0v) is 13.7. The van der Waals surface area contributed by atoms with Gasteiger partial charge in [0.15, 0.2) is 5.96 Å². The summed E-state index contributed by atoms with van der Waals surface area (Å²) < 4.78 is 31.9. The normalized spacial score (nSPS) is 15.9. The highest BCUT2D eigenvalue weighted by atomic mass is 127. The molecule has 2 N–H and O–H groups in total. The van der Waals surface area contributed by atoms with Crippen LogP contribution in [-0.4, -0.2) is 37.2 Å². The predicted octanol–water partition coefficient (Wildman–Crippen LogP) is 2.38. The highest BCUT2D eigenvalue weighted by Gasteiger charge is 2.13. The van der Waals surface area contributed by atoms with Crippen LogP contribution in [0.3, 0.4) is 0 Å². The van der Waals surface area contributed by atoms with E-state index < -0.39 is 11.6 Å². The van der Waals surface area contributed by atoms with Gasteiger partial charge in [-0.3, -0.25) is 0 Å². The second-order valence-electron chi connectivity index (χ2n) is 4.13. The van der Waals surface area contributed by atoms with Crippen LogP contribution < -0.4 is 5.73 Å². The summed E-state index contributed by atoms with van der Waals surface area (Å²) in [5.41, 5.74) is 5.92. The van der Waals surface area contributed by atoms with Crippen LogP contribution in [0.2, 0.25) is 5.02 Å². The maximum atomic E-state index is 13.5. The van der Waals surface area contributed by atoms with Gasteiger partial charge in [-0.25, -0.2) is 13.8 Å². The predicted molar refractivity (Wildman–Crippen MR) is 84.5 cm³/mol. The average Bonchev–Trinajstić information content (AvgIpc) is 2.42. The van der Waals surface area contributed by atoms with Gasteiger partial charge in [0, 0.05) is 18.7 Å². The van der Waals surface area contributed by atoms with Crippen molar-refractivity contribution in [3.63, 3.8) is 0 Å². The van der Waals surface area contributed by atoms with Crippen LogP contribution in [0, 0.1) is 11.6 Å². The van der Waals surface area contributed by atoms with Gasteiger partial charge in [0.1, 0.15) is 11.6 Å². The van der Waals surface area contributed by atoms with Crippen molar-refractivity contribution in [2.24, 2.45) is 10.7 Å². The molecule has 8 heteroatoms. The smallest absolute Gasteiger partial charge is 0.191 e. The first-order valence-corrected chi connectivity index (χ1v) is 6.22. The van der Waals surface area contributed by atoms with E-state index in [0.29, 0.717) is 32.3 Å². The first-order valence-electron chi connectivity index (χ1n) is 5.84. The molecule has 0 bridgehead atoms. The monoisotopic (exact) mass is 417 g/mol. The fourth-order valence-electron chi connectivity index (χ4n) is 1.74. The fourth-order valence-corrected chi connectivity index (χ4v) is 1.89. The Bertz CT molecular complexity index is 496. The lowest BCUT2D eigenvalue weighted by Crippen LogP contribution is -2.44. The van der Waals surface area contributed by atoms with Gasteiger partial charge in [-0.2, -0.15) is 0 Å². The summed E-state index contributed by atoms with van der Waals surface area (Å²) in [5, 5.41) is -0.244. The Kier molecular flexibility index (Phi) is 6.90. The number of ether oxygens (including phenoxy) is 1. The van der Waals surface area contributed by atoms with E-state index in [4.69, 9.17) is 22.1 Å². The minimum Gasteiger partial charge on any atom is -0.378 e. The van der Waals surface area contributed by atoms with Crippen molar-refractivity contribution in [3.05, 3.63) is 34.4 Å². The number of nitrogens with zero attached hydrogens (tertiary/aromatic N) is 2. The molecule has 1 saturated heterocycles. The van der Waals surface area contributed by atoms with E-state index in [1.807, 2.05) is 4.90 Å². The maximum Gasteiger partial charge on any atom is 0.191 e. The third-order valence-electron chi connectivity index (χ3n) is 2.84. The molecule has 4 nitrogen and oxygen atoms in total. The molecule has 0 aromatic heterocycles. The van der Waals surface area contributed by atoms with Crippen molar-refractivity contribution in [1.82, 2.24) is 4.90 Å². The third kappa shape index (κ3) is 4.42. The molecule has 0 saturated carbocycles. The van der Waals surface area contributed by atoms with Crippen molar-refractivity contribution in [1.29, 1.82) is 0 Å². The number of nitrogens with two attached hydrogens (primary N) is 1. The van der Waals surface area contributed by atoms with Gasteiger partial charge in [-0.1, -0.05) is 11.6 Å². The lowest BCUT2D eigenvalue weighted by atomic mass is 10.2. The molecule has 1 aliphatic heterocycles. The minimum absolute atomic E-state index is 0. The minimum atomic E-state index is -0.668. The summed E-state index contributed by atoms with van der Waals surface area (Å²) in [5.74, 6) is -0.957.